The number of hydrogen-bond donors (Lipinski definition) is 2. The van der Waals surface area contributed by atoms with E-state index in [1.165, 1.54) is 16.9 Å². The molecule has 20 heavy (non-hydrogen) atoms. The van der Waals surface area contributed by atoms with E-state index in [2.05, 4.69) is 40.7 Å². The van der Waals surface area contributed by atoms with Crippen LogP contribution in [0.2, 0.25) is 0 Å². The predicted molar refractivity (Wildman–Crippen MR) is 82.6 cm³/mol. The fourth-order valence-electron chi connectivity index (χ4n) is 1.70. The highest BCUT2D eigenvalue weighted by Crippen LogP contribution is 2.20. The fraction of sp³-hybridized carbons (Fsp3) is 0.357. The lowest BCUT2D eigenvalue weighted by Crippen LogP contribution is -2.11. The Morgan fingerprint density at radius 3 is 2.85 bits per heavy atom. The van der Waals surface area contributed by atoms with Crippen molar-refractivity contribution in [3.05, 3.63) is 34.8 Å². The van der Waals surface area contributed by atoms with Crippen molar-refractivity contribution < 1.29 is 4.79 Å². The normalized spacial score (nSPS) is 10.6. The van der Waals surface area contributed by atoms with Crippen molar-refractivity contribution in [3.8, 4) is 0 Å². The molecule has 0 aliphatic heterocycles. The Labute approximate surface area is 122 Å². The van der Waals surface area contributed by atoms with Crippen molar-refractivity contribution in [1.29, 1.82) is 0 Å². The van der Waals surface area contributed by atoms with Gasteiger partial charge in [-0.3, -0.25) is 4.79 Å². The standard InChI is InChI=1S/C14H18N4OS/c1-4-15-14-18-17-13(20-14)12(19)16-11-7-5-6-10(8-11)9(2)3/h5-9H,4H2,1-3H3,(H,15,18)(H,16,19). The molecule has 0 fully saturated rings. The summed E-state index contributed by atoms with van der Waals surface area (Å²) >= 11 is 1.25. The number of carbonyl (C=O) groups is 1. The molecule has 106 valence electrons. The Morgan fingerprint density at radius 2 is 2.15 bits per heavy atom. The number of rotatable bonds is 5. The minimum absolute atomic E-state index is 0.229. The largest absolute Gasteiger partial charge is 0.360 e. The van der Waals surface area contributed by atoms with Gasteiger partial charge in [0.05, 0.1) is 0 Å². The van der Waals surface area contributed by atoms with Gasteiger partial charge in [0.25, 0.3) is 5.91 Å². The van der Waals surface area contributed by atoms with Crippen molar-refractivity contribution in [1.82, 2.24) is 10.2 Å². The van der Waals surface area contributed by atoms with Gasteiger partial charge in [-0.05, 0) is 30.5 Å². The summed E-state index contributed by atoms with van der Waals surface area (Å²) in [5, 5.41) is 14.7. The first-order chi connectivity index (χ1) is 9.60. The lowest BCUT2D eigenvalue weighted by atomic mass is 10.0. The molecule has 0 saturated carbocycles. The summed E-state index contributed by atoms with van der Waals surface area (Å²) in [7, 11) is 0. The third-order valence-corrected chi connectivity index (χ3v) is 3.64. The number of anilines is 2. The van der Waals surface area contributed by atoms with Crippen LogP contribution in [0.1, 0.15) is 42.1 Å². The molecule has 1 amide bonds. The molecule has 1 aromatic heterocycles. The highest BCUT2D eigenvalue weighted by atomic mass is 32.1. The molecule has 1 heterocycles. The fourth-order valence-corrected chi connectivity index (χ4v) is 2.40. The van der Waals surface area contributed by atoms with E-state index in [1.54, 1.807) is 0 Å². The Kier molecular flexibility index (Phi) is 4.68. The zero-order chi connectivity index (χ0) is 14.5. The van der Waals surface area contributed by atoms with Gasteiger partial charge >= 0.3 is 0 Å². The summed E-state index contributed by atoms with van der Waals surface area (Å²) < 4.78 is 0. The minimum Gasteiger partial charge on any atom is -0.360 e. The van der Waals surface area contributed by atoms with E-state index in [1.807, 2.05) is 25.1 Å². The maximum absolute atomic E-state index is 12.1. The Bertz CT molecular complexity index is 594. The quantitative estimate of drug-likeness (QED) is 0.886. The summed E-state index contributed by atoms with van der Waals surface area (Å²) in [4.78, 5) is 12.1. The number of hydrogen-bond acceptors (Lipinski definition) is 5. The number of carbonyl (C=O) groups excluding carboxylic acids is 1. The van der Waals surface area contributed by atoms with Crippen LogP contribution >= 0.6 is 11.3 Å². The summed E-state index contributed by atoms with van der Waals surface area (Å²) in [6, 6.07) is 7.84. The third kappa shape index (κ3) is 3.54. The molecule has 0 saturated heterocycles. The van der Waals surface area contributed by atoms with Gasteiger partial charge in [0.15, 0.2) is 0 Å². The van der Waals surface area contributed by atoms with Crippen LogP contribution in [-0.2, 0) is 0 Å². The number of aromatic nitrogens is 2. The molecule has 0 aliphatic rings. The van der Waals surface area contributed by atoms with Crippen LogP contribution in [-0.4, -0.2) is 22.6 Å². The molecule has 2 aromatic rings. The molecule has 1 aromatic carbocycles. The molecule has 0 spiro atoms. The molecule has 0 radical (unpaired) electrons. The highest BCUT2D eigenvalue weighted by molar-refractivity contribution is 7.17. The molecule has 5 nitrogen and oxygen atoms in total. The van der Waals surface area contributed by atoms with Crippen molar-refractivity contribution in [2.24, 2.45) is 0 Å². The summed E-state index contributed by atoms with van der Waals surface area (Å²) in [5.41, 5.74) is 1.97. The molecular weight excluding hydrogens is 272 g/mol. The molecule has 2 N–H and O–H groups in total. The van der Waals surface area contributed by atoms with Crippen LogP contribution in [0.15, 0.2) is 24.3 Å². The third-order valence-electron chi connectivity index (χ3n) is 2.76. The average Bonchev–Trinajstić information content (AvgIpc) is 2.88. The molecule has 0 bridgehead atoms. The first-order valence-electron chi connectivity index (χ1n) is 6.58. The average molecular weight is 290 g/mol. The maximum Gasteiger partial charge on any atom is 0.286 e. The molecule has 0 unspecified atom stereocenters. The van der Waals surface area contributed by atoms with E-state index in [4.69, 9.17) is 0 Å². The number of amides is 1. The van der Waals surface area contributed by atoms with Crippen molar-refractivity contribution in [3.63, 3.8) is 0 Å². The van der Waals surface area contributed by atoms with Gasteiger partial charge in [-0.2, -0.15) is 0 Å². The molecule has 0 atom stereocenters. The molecule has 0 aliphatic carbocycles. The van der Waals surface area contributed by atoms with Crippen molar-refractivity contribution in [2.75, 3.05) is 17.2 Å². The van der Waals surface area contributed by atoms with Crippen LogP contribution in [0.3, 0.4) is 0 Å². The van der Waals surface area contributed by atoms with Crippen LogP contribution < -0.4 is 10.6 Å². The number of benzene rings is 1. The Balaban J connectivity index is 2.08. The Morgan fingerprint density at radius 1 is 1.35 bits per heavy atom. The van der Waals surface area contributed by atoms with E-state index in [0.29, 0.717) is 16.1 Å². The molecular formula is C14H18N4OS. The predicted octanol–water partition coefficient (Wildman–Crippen LogP) is 3.35. The van der Waals surface area contributed by atoms with Gasteiger partial charge in [-0.25, -0.2) is 0 Å². The van der Waals surface area contributed by atoms with Gasteiger partial charge in [0.1, 0.15) is 0 Å². The van der Waals surface area contributed by atoms with Crippen molar-refractivity contribution in [2.45, 2.75) is 26.7 Å². The van der Waals surface area contributed by atoms with Crippen LogP contribution in [0.25, 0.3) is 0 Å². The second kappa shape index (κ2) is 6.47. The number of nitrogens with one attached hydrogen (secondary N) is 2. The van der Waals surface area contributed by atoms with Gasteiger partial charge in [0.2, 0.25) is 10.1 Å². The topological polar surface area (TPSA) is 66.9 Å². The summed E-state index contributed by atoms with van der Waals surface area (Å²) in [6.07, 6.45) is 0. The summed E-state index contributed by atoms with van der Waals surface area (Å²) in [6.45, 7) is 6.97. The van der Waals surface area contributed by atoms with E-state index >= 15 is 0 Å². The minimum atomic E-state index is -0.229. The van der Waals surface area contributed by atoms with Crippen molar-refractivity contribution >= 4 is 28.1 Å². The highest BCUT2D eigenvalue weighted by Gasteiger charge is 2.13. The second-order valence-corrected chi connectivity index (χ2v) is 5.65. The molecule has 6 heteroatoms. The monoisotopic (exact) mass is 290 g/mol. The lowest BCUT2D eigenvalue weighted by Gasteiger charge is -2.08. The van der Waals surface area contributed by atoms with Crippen LogP contribution in [0.5, 0.6) is 0 Å². The number of nitrogens with zero attached hydrogens (tertiary/aromatic N) is 2. The zero-order valence-electron chi connectivity index (χ0n) is 11.8. The van der Waals surface area contributed by atoms with Gasteiger partial charge in [-0.1, -0.05) is 37.3 Å². The maximum atomic E-state index is 12.1. The SMILES string of the molecule is CCNc1nnc(C(=O)Nc2cccc(C(C)C)c2)s1. The second-order valence-electron chi connectivity index (χ2n) is 4.68. The Hall–Kier alpha value is -1.95. The molecule has 2 rings (SSSR count). The van der Waals surface area contributed by atoms with Gasteiger partial charge in [-0.15, -0.1) is 10.2 Å². The van der Waals surface area contributed by atoms with Crippen LogP contribution in [0, 0.1) is 0 Å². The van der Waals surface area contributed by atoms with Crippen LogP contribution in [0.4, 0.5) is 10.8 Å². The van der Waals surface area contributed by atoms with E-state index in [9.17, 15) is 4.79 Å². The van der Waals surface area contributed by atoms with Gasteiger partial charge in [0, 0.05) is 12.2 Å². The zero-order valence-corrected chi connectivity index (χ0v) is 12.6. The smallest absolute Gasteiger partial charge is 0.286 e. The summed E-state index contributed by atoms with van der Waals surface area (Å²) in [5.74, 6) is 0.196. The first kappa shape index (κ1) is 14.5. The lowest BCUT2D eigenvalue weighted by molar-refractivity contribution is 0.102. The van der Waals surface area contributed by atoms with E-state index in [-0.39, 0.29) is 5.91 Å². The van der Waals surface area contributed by atoms with E-state index in [0.717, 1.165) is 12.2 Å². The first-order valence-corrected chi connectivity index (χ1v) is 7.40. The van der Waals surface area contributed by atoms with Gasteiger partial charge < -0.3 is 10.6 Å². The van der Waals surface area contributed by atoms with E-state index < -0.39 is 0 Å².